The Labute approximate surface area is 181 Å². The van der Waals surface area contributed by atoms with Crippen molar-refractivity contribution < 1.29 is 14.7 Å². The highest BCUT2D eigenvalue weighted by molar-refractivity contribution is 6.51. The van der Waals surface area contributed by atoms with Crippen LogP contribution in [-0.2, 0) is 9.59 Å². The van der Waals surface area contributed by atoms with E-state index < -0.39 is 17.7 Å². The van der Waals surface area contributed by atoms with Gasteiger partial charge in [-0.25, -0.2) is 0 Å². The van der Waals surface area contributed by atoms with Crippen LogP contribution in [0.5, 0.6) is 0 Å². The van der Waals surface area contributed by atoms with Gasteiger partial charge >= 0.3 is 0 Å². The zero-order valence-electron chi connectivity index (χ0n) is 18.0. The molecule has 31 heavy (non-hydrogen) atoms. The van der Waals surface area contributed by atoms with Gasteiger partial charge in [0.15, 0.2) is 0 Å². The predicted molar refractivity (Wildman–Crippen MR) is 121 cm³/mol. The van der Waals surface area contributed by atoms with Crippen LogP contribution in [0.15, 0.2) is 66.5 Å². The van der Waals surface area contributed by atoms with Gasteiger partial charge < -0.3 is 5.11 Å². The van der Waals surface area contributed by atoms with E-state index in [4.69, 9.17) is 0 Å². The summed E-state index contributed by atoms with van der Waals surface area (Å²) in [5, 5.41) is 11.3. The molecule has 1 N–H and O–H groups in total. The number of Topliss-reactive ketones (excluding diaryl/α,β-unsaturated/α-hetero) is 1. The van der Waals surface area contributed by atoms with Crippen molar-refractivity contribution in [2.45, 2.75) is 33.7 Å². The molecule has 1 atom stereocenters. The number of ketones is 1. The van der Waals surface area contributed by atoms with Gasteiger partial charge in [0.25, 0.3) is 11.7 Å². The number of aliphatic hydroxyl groups is 1. The molecule has 5 heteroatoms. The Balaban J connectivity index is 1.98. The smallest absolute Gasteiger partial charge is 0.300 e. The van der Waals surface area contributed by atoms with Crippen LogP contribution < -0.4 is 4.90 Å². The lowest BCUT2D eigenvalue weighted by molar-refractivity contribution is -0.132. The summed E-state index contributed by atoms with van der Waals surface area (Å²) in [5.74, 6) is -1.53. The third-order valence-electron chi connectivity index (χ3n) is 5.86. The van der Waals surface area contributed by atoms with Gasteiger partial charge in [-0.15, -0.1) is 0 Å². The zero-order chi connectivity index (χ0) is 22.3. The fraction of sp³-hybridized carbons (Fsp3) is 0.192. The Morgan fingerprint density at radius 1 is 0.935 bits per heavy atom. The number of benzene rings is 2. The monoisotopic (exact) mass is 412 g/mol. The quantitative estimate of drug-likeness (QED) is 0.376. The van der Waals surface area contributed by atoms with Crippen LogP contribution in [-0.4, -0.2) is 21.8 Å². The van der Waals surface area contributed by atoms with Gasteiger partial charge in [0, 0.05) is 23.6 Å². The molecule has 0 bridgehead atoms. The number of anilines is 1. The van der Waals surface area contributed by atoms with Gasteiger partial charge in [0.2, 0.25) is 0 Å². The Morgan fingerprint density at radius 3 is 2.35 bits per heavy atom. The second-order valence-corrected chi connectivity index (χ2v) is 8.04. The van der Waals surface area contributed by atoms with E-state index in [2.05, 4.69) is 4.98 Å². The summed E-state index contributed by atoms with van der Waals surface area (Å²) in [6.45, 7) is 7.74. The zero-order valence-corrected chi connectivity index (χ0v) is 18.0. The van der Waals surface area contributed by atoms with Gasteiger partial charge in [-0.1, -0.05) is 29.8 Å². The van der Waals surface area contributed by atoms with Gasteiger partial charge in [0.1, 0.15) is 5.76 Å². The molecular weight excluding hydrogens is 388 g/mol. The first-order chi connectivity index (χ1) is 14.8. The number of amides is 1. The normalized spacial score (nSPS) is 17.9. The molecule has 1 saturated heterocycles. The fourth-order valence-corrected chi connectivity index (χ4v) is 3.96. The lowest BCUT2D eigenvalue weighted by Gasteiger charge is -2.26. The number of carbonyl (C=O) groups excluding carboxylic acids is 2. The topological polar surface area (TPSA) is 70.5 Å². The van der Waals surface area contributed by atoms with Crippen LogP contribution in [0.1, 0.15) is 39.4 Å². The summed E-state index contributed by atoms with van der Waals surface area (Å²) >= 11 is 0. The molecule has 156 valence electrons. The van der Waals surface area contributed by atoms with E-state index in [9.17, 15) is 14.7 Å². The highest BCUT2D eigenvalue weighted by Crippen LogP contribution is 2.42. The van der Waals surface area contributed by atoms with E-state index in [1.807, 2.05) is 70.2 Å². The Kier molecular flexibility index (Phi) is 5.19. The lowest BCUT2D eigenvalue weighted by Crippen LogP contribution is -2.29. The number of aliphatic hydroxyl groups excluding tert-OH is 1. The van der Waals surface area contributed by atoms with Crippen molar-refractivity contribution in [1.29, 1.82) is 0 Å². The minimum absolute atomic E-state index is 0.0740. The molecule has 0 aliphatic carbocycles. The molecule has 2 heterocycles. The van der Waals surface area contributed by atoms with Crippen LogP contribution in [0.2, 0.25) is 0 Å². The molecule has 5 nitrogen and oxygen atoms in total. The number of aromatic nitrogens is 1. The van der Waals surface area contributed by atoms with Crippen molar-refractivity contribution in [3.05, 3.63) is 99.9 Å². The molecule has 1 aliphatic heterocycles. The molecule has 1 amide bonds. The van der Waals surface area contributed by atoms with E-state index in [-0.39, 0.29) is 11.3 Å². The molecule has 1 aromatic heterocycles. The van der Waals surface area contributed by atoms with E-state index in [1.165, 1.54) is 4.90 Å². The van der Waals surface area contributed by atoms with Crippen LogP contribution in [0, 0.1) is 27.7 Å². The minimum Gasteiger partial charge on any atom is -0.507 e. The summed E-state index contributed by atoms with van der Waals surface area (Å²) in [5.41, 5.74) is 5.77. The van der Waals surface area contributed by atoms with Crippen molar-refractivity contribution >= 4 is 23.1 Å². The van der Waals surface area contributed by atoms with E-state index in [0.717, 1.165) is 22.3 Å². The van der Waals surface area contributed by atoms with Crippen molar-refractivity contribution in [3.63, 3.8) is 0 Å². The number of pyridine rings is 1. The first-order valence-corrected chi connectivity index (χ1v) is 10.2. The third-order valence-corrected chi connectivity index (χ3v) is 5.86. The maximum atomic E-state index is 13.2. The maximum absolute atomic E-state index is 13.2. The van der Waals surface area contributed by atoms with Crippen molar-refractivity contribution in [3.8, 4) is 0 Å². The summed E-state index contributed by atoms with van der Waals surface area (Å²) in [7, 11) is 0. The molecule has 4 rings (SSSR count). The van der Waals surface area contributed by atoms with Gasteiger partial charge in [-0.05, 0) is 74.2 Å². The fourth-order valence-electron chi connectivity index (χ4n) is 3.96. The number of carbonyl (C=O) groups is 2. The SMILES string of the molecule is Cc1ccc(C)c(/C(O)=C2\C(=O)C(=O)N(c3ccc(C)c(C)c3)C2c2cccnc2)c1. The van der Waals surface area contributed by atoms with E-state index in [0.29, 0.717) is 16.8 Å². The van der Waals surface area contributed by atoms with Crippen LogP contribution in [0.3, 0.4) is 0 Å². The first kappa shape index (κ1) is 20.5. The Hall–Kier alpha value is -3.73. The van der Waals surface area contributed by atoms with Crippen LogP contribution in [0.4, 0.5) is 5.69 Å². The van der Waals surface area contributed by atoms with Crippen LogP contribution >= 0.6 is 0 Å². The number of hydrogen-bond donors (Lipinski definition) is 1. The van der Waals surface area contributed by atoms with E-state index in [1.54, 1.807) is 18.5 Å². The second-order valence-electron chi connectivity index (χ2n) is 8.04. The average molecular weight is 412 g/mol. The Bertz CT molecular complexity index is 1230. The van der Waals surface area contributed by atoms with Gasteiger partial charge in [-0.3, -0.25) is 19.5 Å². The summed E-state index contributed by atoms with van der Waals surface area (Å²) < 4.78 is 0. The van der Waals surface area contributed by atoms with Gasteiger partial charge in [-0.2, -0.15) is 0 Å². The number of aryl methyl sites for hydroxylation is 4. The third kappa shape index (κ3) is 3.52. The van der Waals surface area contributed by atoms with E-state index >= 15 is 0 Å². The summed E-state index contributed by atoms with van der Waals surface area (Å²) in [6.07, 6.45) is 3.26. The summed E-state index contributed by atoms with van der Waals surface area (Å²) in [4.78, 5) is 32.0. The molecule has 0 radical (unpaired) electrons. The summed E-state index contributed by atoms with van der Waals surface area (Å²) in [6, 6.07) is 14.1. The molecule has 1 fully saturated rings. The lowest BCUT2D eigenvalue weighted by atomic mass is 9.94. The largest absolute Gasteiger partial charge is 0.507 e. The molecule has 1 unspecified atom stereocenters. The average Bonchev–Trinajstić information content (AvgIpc) is 3.03. The number of hydrogen-bond acceptors (Lipinski definition) is 4. The molecule has 1 aliphatic rings. The number of rotatable bonds is 3. The highest BCUT2D eigenvalue weighted by Gasteiger charge is 2.47. The van der Waals surface area contributed by atoms with Crippen LogP contribution in [0.25, 0.3) is 5.76 Å². The molecular formula is C26H24N2O3. The minimum atomic E-state index is -0.768. The van der Waals surface area contributed by atoms with Crippen molar-refractivity contribution in [2.24, 2.45) is 0 Å². The number of nitrogens with zero attached hydrogens (tertiary/aromatic N) is 2. The predicted octanol–water partition coefficient (Wildman–Crippen LogP) is 4.94. The molecule has 3 aromatic rings. The first-order valence-electron chi connectivity index (χ1n) is 10.2. The van der Waals surface area contributed by atoms with Crippen molar-refractivity contribution in [2.75, 3.05) is 4.90 Å². The highest BCUT2D eigenvalue weighted by atomic mass is 16.3. The van der Waals surface area contributed by atoms with Gasteiger partial charge in [0.05, 0.1) is 11.6 Å². The van der Waals surface area contributed by atoms with Crippen molar-refractivity contribution in [1.82, 2.24) is 4.98 Å². The molecule has 2 aromatic carbocycles. The molecule has 0 saturated carbocycles. The maximum Gasteiger partial charge on any atom is 0.300 e. The Morgan fingerprint density at radius 2 is 1.68 bits per heavy atom. The second kappa shape index (κ2) is 7.84. The standard InChI is InChI=1S/C26H24N2O3/c1-15-7-8-17(3)21(12-15)24(29)22-23(19-6-5-11-27-14-19)28(26(31)25(22)30)20-10-9-16(2)18(4)13-20/h5-14,23,29H,1-4H3/b24-22+. The molecule has 0 spiro atoms.